The summed E-state index contributed by atoms with van der Waals surface area (Å²) in [5.41, 5.74) is 1.39. The first-order valence-electron chi connectivity index (χ1n) is 5.29. The second kappa shape index (κ2) is 5.48. The quantitative estimate of drug-likeness (QED) is 0.448. The molecule has 0 saturated heterocycles. The lowest BCUT2D eigenvalue weighted by Crippen LogP contribution is -1.99. The fourth-order valence-corrected chi connectivity index (χ4v) is 1.59. The van der Waals surface area contributed by atoms with Gasteiger partial charge >= 0.3 is 5.97 Å². The van der Waals surface area contributed by atoms with Gasteiger partial charge in [0.2, 0.25) is 0 Å². The number of esters is 1. The van der Waals surface area contributed by atoms with Gasteiger partial charge in [-0.3, -0.25) is 0 Å². The van der Waals surface area contributed by atoms with E-state index in [9.17, 15) is 4.79 Å². The molecule has 1 aromatic carbocycles. The standard InChI is InChI=1S/C13H9ClN2O2/c1-2-18-12(17)6-4-9-3-5-11-10(7-9)13(14)16-8-15-11/h3,5,7-8H,2H2,1H3. The minimum absolute atomic E-state index is 0.310. The summed E-state index contributed by atoms with van der Waals surface area (Å²) in [4.78, 5) is 19.1. The van der Waals surface area contributed by atoms with Crippen LogP contribution >= 0.6 is 11.6 Å². The molecule has 0 bridgehead atoms. The summed E-state index contributed by atoms with van der Waals surface area (Å²) in [5, 5.41) is 1.06. The molecule has 0 atom stereocenters. The summed E-state index contributed by atoms with van der Waals surface area (Å²) >= 11 is 5.95. The van der Waals surface area contributed by atoms with Crippen molar-refractivity contribution < 1.29 is 9.53 Å². The Morgan fingerprint density at radius 2 is 2.28 bits per heavy atom. The normalized spacial score (nSPS) is 9.67. The van der Waals surface area contributed by atoms with Gasteiger partial charge in [-0.25, -0.2) is 14.8 Å². The number of hydrogen-bond acceptors (Lipinski definition) is 4. The molecule has 0 N–H and O–H groups in total. The number of ether oxygens (including phenoxy) is 1. The first kappa shape index (κ1) is 12.3. The molecule has 1 heterocycles. The Hall–Kier alpha value is -2.12. The highest BCUT2D eigenvalue weighted by Gasteiger charge is 2.01. The van der Waals surface area contributed by atoms with Crippen molar-refractivity contribution in [2.24, 2.45) is 0 Å². The van der Waals surface area contributed by atoms with Crippen LogP contribution in [0, 0.1) is 11.8 Å². The molecule has 0 saturated carbocycles. The molecule has 0 aliphatic heterocycles. The van der Waals surface area contributed by atoms with E-state index in [4.69, 9.17) is 16.3 Å². The summed E-state index contributed by atoms with van der Waals surface area (Å²) in [6.07, 6.45) is 1.40. The Morgan fingerprint density at radius 1 is 1.44 bits per heavy atom. The minimum atomic E-state index is -0.548. The number of aromatic nitrogens is 2. The molecule has 2 rings (SSSR count). The van der Waals surface area contributed by atoms with Gasteiger partial charge in [0.25, 0.3) is 0 Å². The Labute approximate surface area is 109 Å². The molecular weight excluding hydrogens is 252 g/mol. The molecule has 5 heteroatoms. The zero-order valence-corrected chi connectivity index (χ0v) is 10.4. The molecule has 18 heavy (non-hydrogen) atoms. The van der Waals surface area contributed by atoms with Crippen molar-refractivity contribution in [1.29, 1.82) is 0 Å². The molecule has 0 unspecified atom stereocenters. The van der Waals surface area contributed by atoms with Crippen molar-refractivity contribution in [3.63, 3.8) is 0 Å². The smallest absolute Gasteiger partial charge is 0.384 e. The predicted molar refractivity (Wildman–Crippen MR) is 68.1 cm³/mol. The lowest BCUT2D eigenvalue weighted by molar-refractivity contribution is -0.136. The monoisotopic (exact) mass is 260 g/mol. The average molecular weight is 261 g/mol. The lowest BCUT2D eigenvalue weighted by atomic mass is 10.1. The predicted octanol–water partition coefficient (Wildman–Crippen LogP) is 2.20. The van der Waals surface area contributed by atoms with Crippen molar-refractivity contribution >= 4 is 28.5 Å². The Morgan fingerprint density at radius 3 is 3.06 bits per heavy atom. The van der Waals surface area contributed by atoms with E-state index in [0.717, 1.165) is 5.52 Å². The van der Waals surface area contributed by atoms with E-state index in [0.29, 0.717) is 22.7 Å². The zero-order valence-electron chi connectivity index (χ0n) is 9.61. The van der Waals surface area contributed by atoms with E-state index in [2.05, 4.69) is 21.8 Å². The third-order valence-corrected chi connectivity index (χ3v) is 2.47. The van der Waals surface area contributed by atoms with Crippen LogP contribution in [0.25, 0.3) is 10.9 Å². The topological polar surface area (TPSA) is 52.1 Å². The highest BCUT2D eigenvalue weighted by molar-refractivity contribution is 6.34. The van der Waals surface area contributed by atoms with Crippen molar-refractivity contribution in [3.8, 4) is 11.8 Å². The highest BCUT2D eigenvalue weighted by atomic mass is 35.5. The molecule has 4 nitrogen and oxygen atoms in total. The number of fused-ring (bicyclic) bond motifs is 1. The summed E-state index contributed by atoms with van der Waals surface area (Å²) in [7, 11) is 0. The molecule has 1 aromatic heterocycles. The average Bonchev–Trinajstić information content (AvgIpc) is 2.37. The Balaban J connectivity index is 2.36. The second-order valence-corrected chi connectivity index (χ2v) is 3.72. The molecular formula is C13H9ClN2O2. The number of nitrogens with zero attached hydrogens (tertiary/aromatic N) is 2. The van der Waals surface area contributed by atoms with Gasteiger partial charge in [0.1, 0.15) is 11.5 Å². The summed E-state index contributed by atoms with van der Waals surface area (Å²) in [5.74, 6) is 4.55. The largest absolute Gasteiger partial charge is 0.456 e. The van der Waals surface area contributed by atoms with Gasteiger partial charge in [-0.15, -0.1) is 0 Å². The molecule has 0 fully saturated rings. The first-order valence-corrected chi connectivity index (χ1v) is 5.67. The van der Waals surface area contributed by atoms with Crippen LogP contribution < -0.4 is 0 Å². The molecule has 0 spiro atoms. The molecule has 0 amide bonds. The van der Waals surface area contributed by atoms with Crippen LogP contribution in [0.15, 0.2) is 24.5 Å². The van der Waals surface area contributed by atoms with Crippen LogP contribution in [-0.4, -0.2) is 22.5 Å². The molecule has 0 aliphatic rings. The summed E-state index contributed by atoms with van der Waals surface area (Å²) in [6.45, 7) is 2.04. The van der Waals surface area contributed by atoms with Crippen LogP contribution in [0.3, 0.4) is 0 Å². The third kappa shape index (κ3) is 2.76. The number of benzene rings is 1. The van der Waals surface area contributed by atoms with Gasteiger partial charge in [-0.2, -0.15) is 0 Å². The van der Waals surface area contributed by atoms with E-state index in [1.54, 1.807) is 25.1 Å². The molecule has 90 valence electrons. The lowest BCUT2D eigenvalue weighted by Gasteiger charge is -1.98. The van der Waals surface area contributed by atoms with Gasteiger partial charge < -0.3 is 4.74 Å². The number of carbonyl (C=O) groups excluding carboxylic acids is 1. The third-order valence-electron chi connectivity index (χ3n) is 2.17. The van der Waals surface area contributed by atoms with Gasteiger partial charge in [0.05, 0.1) is 12.1 Å². The molecule has 0 aliphatic carbocycles. The van der Waals surface area contributed by atoms with E-state index >= 15 is 0 Å². The summed E-state index contributed by atoms with van der Waals surface area (Å²) < 4.78 is 4.71. The van der Waals surface area contributed by atoms with Crippen molar-refractivity contribution in [2.45, 2.75) is 6.92 Å². The van der Waals surface area contributed by atoms with Crippen LogP contribution in [0.1, 0.15) is 12.5 Å². The maximum atomic E-state index is 11.1. The van der Waals surface area contributed by atoms with Crippen molar-refractivity contribution in [3.05, 3.63) is 35.2 Å². The van der Waals surface area contributed by atoms with Gasteiger partial charge in [0.15, 0.2) is 0 Å². The van der Waals surface area contributed by atoms with E-state index in [1.807, 2.05) is 0 Å². The number of hydrogen-bond donors (Lipinski definition) is 0. The van der Waals surface area contributed by atoms with E-state index < -0.39 is 5.97 Å². The van der Waals surface area contributed by atoms with Crippen molar-refractivity contribution in [2.75, 3.05) is 6.61 Å². The summed E-state index contributed by atoms with van der Waals surface area (Å²) in [6, 6.07) is 5.28. The fraction of sp³-hybridized carbons (Fsp3) is 0.154. The van der Waals surface area contributed by atoms with Gasteiger partial charge in [-0.05, 0) is 25.1 Å². The van der Waals surface area contributed by atoms with Gasteiger partial charge in [0, 0.05) is 16.9 Å². The highest BCUT2D eigenvalue weighted by Crippen LogP contribution is 2.19. The fourth-order valence-electron chi connectivity index (χ4n) is 1.39. The molecule has 0 radical (unpaired) electrons. The van der Waals surface area contributed by atoms with E-state index in [-0.39, 0.29) is 0 Å². The Bertz CT molecular complexity index is 659. The molecule has 2 aromatic rings. The maximum Gasteiger partial charge on any atom is 0.384 e. The van der Waals surface area contributed by atoms with E-state index in [1.165, 1.54) is 6.33 Å². The SMILES string of the molecule is CCOC(=O)C#Cc1ccc2ncnc(Cl)c2c1. The van der Waals surface area contributed by atoms with Crippen LogP contribution in [0.4, 0.5) is 0 Å². The number of rotatable bonds is 1. The second-order valence-electron chi connectivity index (χ2n) is 3.37. The van der Waals surface area contributed by atoms with Crippen LogP contribution in [0.2, 0.25) is 5.15 Å². The number of carbonyl (C=O) groups is 1. The van der Waals surface area contributed by atoms with Gasteiger partial charge in [-0.1, -0.05) is 17.5 Å². The van der Waals surface area contributed by atoms with Crippen molar-refractivity contribution in [1.82, 2.24) is 9.97 Å². The minimum Gasteiger partial charge on any atom is -0.456 e. The Kier molecular flexibility index (Phi) is 3.75. The maximum absolute atomic E-state index is 11.1. The number of halogens is 1. The zero-order chi connectivity index (χ0) is 13.0. The first-order chi connectivity index (χ1) is 8.70. The van der Waals surface area contributed by atoms with Crippen LogP contribution in [-0.2, 0) is 9.53 Å². The van der Waals surface area contributed by atoms with Crippen LogP contribution in [0.5, 0.6) is 0 Å².